The van der Waals surface area contributed by atoms with Crippen LogP contribution in [0.2, 0.25) is 0 Å². The summed E-state index contributed by atoms with van der Waals surface area (Å²) in [6.07, 6.45) is -4.52. The van der Waals surface area contributed by atoms with Crippen molar-refractivity contribution in [3.8, 4) is 23.0 Å². The zero-order valence-corrected chi connectivity index (χ0v) is 16.5. The fourth-order valence-electron chi connectivity index (χ4n) is 2.31. The van der Waals surface area contributed by atoms with Crippen molar-refractivity contribution in [3.63, 3.8) is 0 Å². The summed E-state index contributed by atoms with van der Waals surface area (Å²) in [7, 11) is 0. The Morgan fingerprint density at radius 3 is 2.55 bits per heavy atom. The number of ether oxygens (including phenoxy) is 2. The van der Waals surface area contributed by atoms with E-state index in [4.69, 9.17) is 9.47 Å². The smallest absolute Gasteiger partial charge is 0.416 e. The van der Waals surface area contributed by atoms with Crippen LogP contribution >= 0.6 is 15.9 Å². The normalized spacial score (nSPS) is 11.2. The van der Waals surface area contributed by atoms with Crippen molar-refractivity contribution in [1.82, 2.24) is 15.2 Å². The Kier molecular flexibility index (Phi) is 6.12. The molecule has 0 aliphatic heterocycles. The maximum absolute atomic E-state index is 13.0. The predicted octanol–water partition coefficient (Wildman–Crippen LogP) is 5.29. The minimum atomic E-state index is -4.52. The first kappa shape index (κ1) is 20.7. The van der Waals surface area contributed by atoms with E-state index in [1.807, 2.05) is 0 Å². The molecule has 29 heavy (non-hydrogen) atoms. The highest BCUT2D eigenvalue weighted by Gasteiger charge is 2.31. The third kappa shape index (κ3) is 5.08. The lowest BCUT2D eigenvalue weighted by molar-refractivity contribution is -0.137. The molecule has 0 saturated carbocycles. The van der Waals surface area contributed by atoms with E-state index >= 15 is 0 Å². The van der Waals surface area contributed by atoms with Gasteiger partial charge >= 0.3 is 12.1 Å². The zero-order chi connectivity index (χ0) is 21.0. The molecule has 0 radical (unpaired) electrons. The van der Waals surface area contributed by atoms with E-state index < -0.39 is 17.7 Å². The number of rotatable bonds is 5. The van der Waals surface area contributed by atoms with E-state index in [2.05, 4.69) is 31.1 Å². The minimum Gasteiger partial charge on any atom is -0.461 e. The molecule has 0 atom stereocenters. The lowest BCUT2D eigenvalue weighted by atomic mass is 10.1. The number of benzene rings is 2. The molecule has 1 aromatic heterocycles. The summed E-state index contributed by atoms with van der Waals surface area (Å²) in [4.78, 5) is 16.3. The van der Waals surface area contributed by atoms with Crippen LogP contribution in [0, 0.1) is 0 Å². The molecular formula is C19H13BrF3N3O3. The third-order valence-corrected chi connectivity index (χ3v) is 4.08. The summed E-state index contributed by atoms with van der Waals surface area (Å²) in [6, 6.07) is 11.2. The molecule has 0 aliphatic rings. The second-order valence-corrected chi connectivity index (χ2v) is 6.56. The molecule has 0 bridgehead atoms. The van der Waals surface area contributed by atoms with Gasteiger partial charge in [-0.3, -0.25) is 0 Å². The van der Waals surface area contributed by atoms with E-state index in [9.17, 15) is 18.0 Å². The van der Waals surface area contributed by atoms with Gasteiger partial charge in [0.25, 0.3) is 5.88 Å². The van der Waals surface area contributed by atoms with Gasteiger partial charge < -0.3 is 9.47 Å². The van der Waals surface area contributed by atoms with Crippen LogP contribution in [0.3, 0.4) is 0 Å². The Morgan fingerprint density at radius 1 is 1.10 bits per heavy atom. The van der Waals surface area contributed by atoms with Gasteiger partial charge in [-0.25, -0.2) is 4.79 Å². The highest BCUT2D eigenvalue weighted by molar-refractivity contribution is 9.10. The Hall–Kier alpha value is -3.01. The molecule has 0 N–H and O–H groups in total. The van der Waals surface area contributed by atoms with E-state index in [1.54, 1.807) is 31.2 Å². The van der Waals surface area contributed by atoms with Crippen molar-refractivity contribution in [2.75, 3.05) is 6.61 Å². The zero-order valence-electron chi connectivity index (χ0n) is 14.9. The molecule has 1 heterocycles. The van der Waals surface area contributed by atoms with Crippen molar-refractivity contribution in [1.29, 1.82) is 0 Å². The quantitative estimate of drug-likeness (QED) is 0.474. The topological polar surface area (TPSA) is 74.2 Å². The van der Waals surface area contributed by atoms with Crippen molar-refractivity contribution in [3.05, 3.63) is 64.3 Å². The SMILES string of the molecule is CCOC(=O)c1nnc(-c2cccc(C(F)(F)F)c2)nc1Oc1cccc(Br)c1. The van der Waals surface area contributed by atoms with Gasteiger partial charge in [0.2, 0.25) is 5.69 Å². The Bertz CT molecular complexity index is 1040. The van der Waals surface area contributed by atoms with Gasteiger partial charge in [-0.15, -0.1) is 10.2 Å². The van der Waals surface area contributed by atoms with Crippen LogP contribution in [0.4, 0.5) is 13.2 Å². The average molecular weight is 468 g/mol. The Labute approximate surface area is 171 Å². The number of nitrogens with zero attached hydrogens (tertiary/aromatic N) is 3. The van der Waals surface area contributed by atoms with Gasteiger partial charge in [0.15, 0.2) is 5.82 Å². The molecule has 3 rings (SSSR count). The number of hydrogen-bond donors (Lipinski definition) is 0. The fraction of sp³-hybridized carbons (Fsp3) is 0.158. The van der Waals surface area contributed by atoms with Crippen LogP contribution in [-0.2, 0) is 10.9 Å². The average Bonchev–Trinajstić information content (AvgIpc) is 2.67. The monoisotopic (exact) mass is 467 g/mol. The van der Waals surface area contributed by atoms with Gasteiger partial charge in [0.05, 0.1) is 12.2 Å². The first-order chi connectivity index (χ1) is 13.8. The maximum Gasteiger partial charge on any atom is 0.416 e. The molecule has 0 saturated heterocycles. The second kappa shape index (κ2) is 8.56. The Balaban J connectivity index is 2.05. The van der Waals surface area contributed by atoms with Gasteiger partial charge in [0, 0.05) is 10.0 Å². The summed E-state index contributed by atoms with van der Waals surface area (Å²) in [5, 5.41) is 7.56. The molecule has 0 aliphatic carbocycles. The number of aromatic nitrogens is 3. The molecular weight excluding hydrogens is 455 g/mol. The van der Waals surface area contributed by atoms with Crippen LogP contribution in [0.1, 0.15) is 23.0 Å². The van der Waals surface area contributed by atoms with Crippen LogP contribution in [-0.4, -0.2) is 27.8 Å². The summed E-state index contributed by atoms with van der Waals surface area (Å²) >= 11 is 3.30. The predicted molar refractivity (Wildman–Crippen MR) is 100 cm³/mol. The highest BCUT2D eigenvalue weighted by Crippen LogP contribution is 2.32. The lowest BCUT2D eigenvalue weighted by Crippen LogP contribution is -2.12. The Morgan fingerprint density at radius 2 is 1.86 bits per heavy atom. The second-order valence-electron chi connectivity index (χ2n) is 5.65. The minimum absolute atomic E-state index is 0.0711. The summed E-state index contributed by atoms with van der Waals surface area (Å²) in [5.41, 5.74) is -1.08. The van der Waals surface area contributed by atoms with Crippen LogP contribution in [0.25, 0.3) is 11.4 Å². The van der Waals surface area contributed by atoms with Crippen molar-refractivity contribution in [2.24, 2.45) is 0 Å². The van der Waals surface area contributed by atoms with Gasteiger partial charge in [-0.2, -0.15) is 18.2 Å². The molecule has 0 spiro atoms. The van der Waals surface area contributed by atoms with Gasteiger partial charge in [0.1, 0.15) is 5.75 Å². The van der Waals surface area contributed by atoms with Crippen LogP contribution in [0.5, 0.6) is 11.6 Å². The van der Waals surface area contributed by atoms with E-state index in [1.165, 1.54) is 12.1 Å². The molecule has 6 nitrogen and oxygen atoms in total. The van der Waals surface area contributed by atoms with Crippen LogP contribution in [0.15, 0.2) is 53.0 Å². The summed E-state index contributed by atoms with van der Waals surface area (Å²) in [6.45, 7) is 1.71. The number of esters is 1. The number of carbonyl (C=O) groups is 1. The maximum atomic E-state index is 13.0. The van der Waals surface area contributed by atoms with E-state index in [0.717, 1.165) is 12.1 Å². The van der Waals surface area contributed by atoms with Crippen molar-refractivity contribution < 1.29 is 27.4 Å². The molecule has 2 aromatic carbocycles. The third-order valence-electron chi connectivity index (χ3n) is 3.58. The summed E-state index contributed by atoms with van der Waals surface area (Å²) < 4.78 is 50.3. The molecule has 150 valence electrons. The standard InChI is InChI=1S/C19H13BrF3N3O3/c1-2-28-18(27)15-17(29-14-8-4-7-13(20)10-14)24-16(26-25-15)11-5-3-6-12(9-11)19(21,22)23/h3-10H,2H2,1H3. The molecule has 3 aromatic rings. The summed E-state index contributed by atoms with van der Waals surface area (Å²) in [5.74, 6) is -0.841. The van der Waals surface area contributed by atoms with E-state index in [0.29, 0.717) is 10.2 Å². The molecule has 0 fully saturated rings. The number of hydrogen-bond acceptors (Lipinski definition) is 6. The first-order valence-electron chi connectivity index (χ1n) is 8.31. The number of alkyl halides is 3. The molecule has 10 heteroatoms. The van der Waals surface area contributed by atoms with Gasteiger partial charge in [-0.05, 0) is 37.3 Å². The van der Waals surface area contributed by atoms with Gasteiger partial charge in [-0.1, -0.05) is 34.1 Å². The highest BCUT2D eigenvalue weighted by atomic mass is 79.9. The van der Waals surface area contributed by atoms with E-state index in [-0.39, 0.29) is 29.6 Å². The first-order valence-corrected chi connectivity index (χ1v) is 9.10. The molecule has 0 amide bonds. The van der Waals surface area contributed by atoms with Crippen molar-refractivity contribution in [2.45, 2.75) is 13.1 Å². The van der Waals surface area contributed by atoms with Crippen molar-refractivity contribution >= 4 is 21.9 Å². The number of carbonyl (C=O) groups excluding carboxylic acids is 1. The lowest BCUT2D eigenvalue weighted by Gasteiger charge is -2.11. The largest absolute Gasteiger partial charge is 0.461 e. The molecule has 0 unspecified atom stereocenters. The number of halogens is 4. The fourth-order valence-corrected chi connectivity index (χ4v) is 2.69. The van der Waals surface area contributed by atoms with Crippen LogP contribution < -0.4 is 4.74 Å².